The Hall–Kier alpha value is -1.94. The van der Waals surface area contributed by atoms with Gasteiger partial charge in [0.2, 0.25) is 0 Å². The predicted molar refractivity (Wildman–Crippen MR) is 92.5 cm³/mol. The monoisotopic (exact) mass is 311 g/mol. The van der Waals surface area contributed by atoms with Crippen LogP contribution in [0.4, 0.5) is 0 Å². The summed E-state index contributed by atoms with van der Waals surface area (Å²) in [5.74, 6) is 0.826. The van der Waals surface area contributed by atoms with E-state index in [1.165, 1.54) is 11.1 Å². The first-order chi connectivity index (χ1) is 11.2. The Labute approximate surface area is 137 Å². The fourth-order valence-electron chi connectivity index (χ4n) is 3.33. The molecule has 0 bridgehead atoms. The van der Waals surface area contributed by atoms with Gasteiger partial charge in [-0.05, 0) is 30.4 Å². The highest BCUT2D eigenvalue weighted by Crippen LogP contribution is 2.19. The van der Waals surface area contributed by atoms with Crippen LogP contribution in [0, 0.1) is 0 Å². The Morgan fingerprint density at radius 3 is 2.74 bits per heavy atom. The molecule has 1 aromatic carbocycles. The Bertz CT molecular complexity index is 736. The third kappa shape index (κ3) is 3.53. The van der Waals surface area contributed by atoms with Gasteiger partial charge in [0.15, 0.2) is 0 Å². The second-order valence-corrected chi connectivity index (χ2v) is 6.27. The van der Waals surface area contributed by atoms with Crippen molar-refractivity contribution >= 4 is 0 Å². The zero-order chi connectivity index (χ0) is 16.2. The van der Waals surface area contributed by atoms with Crippen LogP contribution in [0.25, 0.3) is 0 Å². The number of nitrogens with zero attached hydrogens (tertiary/aromatic N) is 2. The van der Waals surface area contributed by atoms with E-state index in [1.54, 1.807) is 0 Å². The summed E-state index contributed by atoms with van der Waals surface area (Å²) in [6, 6.07) is 8.62. The predicted octanol–water partition coefficient (Wildman–Crippen LogP) is 2.84. The number of nitrogens with one attached hydrogen (secondary N) is 1. The van der Waals surface area contributed by atoms with Gasteiger partial charge in [-0.3, -0.25) is 9.69 Å². The smallest absolute Gasteiger partial charge is 0.254 e. The first kappa shape index (κ1) is 15.9. The first-order valence-electron chi connectivity index (χ1n) is 8.61. The molecule has 0 saturated carbocycles. The molecule has 2 aromatic rings. The Balaban J connectivity index is 1.81. The number of hydrogen-bond acceptors (Lipinski definition) is 3. The van der Waals surface area contributed by atoms with Crippen molar-refractivity contribution in [3.05, 3.63) is 62.8 Å². The van der Waals surface area contributed by atoms with E-state index in [0.29, 0.717) is 0 Å². The van der Waals surface area contributed by atoms with Crippen LogP contribution < -0.4 is 5.56 Å². The highest BCUT2D eigenvalue weighted by molar-refractivity contribution is 5.28. The van der Waals surface area contributed by atoms with Crippen LogP contribution in [-0.2, 0) is 32.4 Å². The van der Waals surface area contributed by atoms with Crippen molar-refractivity contribution in [2.75, 3.05) is 6.54 Å². The average Bonchev–Trinajstić information content (AvgIpc) is 2.55. The van der Waals surface area contributed by atoms with E-state index in [1.807, 2.05) is 0 Å². The molecule has 1 N–H and O–H groups in total. The molecule has 0 spiro atoms. The summed E-state index contributed by atoms with van der Waals surface area (Å²) >= 11 is 0. The maximum atomic E-state index is 12.2. The van der Waals surface area contributed by atoms with E-state index in [4.69, 9.17) is 4.98 Å². The van der Waals surface area contributed by atoms with Gasteiger partial charge in [-0.15, -0.1) is 0 Å². The maximum Gasteiger partial charge on any atom is 0.254 e. The molecule has 1 aliphatic heterocycles. The van der Waals surface area contributed by atoms with Crippen LogP contribution in [0.15, 0.2) is 29.1 Å². The number of benzene rings is 1. The molecule has 0 fully saturated rings. The van der Waals surface area contributed by atoms with E-state index < -0.39 is 0 Å². The summed E-state index contributed by atoms with van der Waals surface area (Å²) in [6.45, 7) is 6.92. The van der Waals surface area contributed by atoms with Crippen LogP contribution >= 0.6 is 0 Å². The molecular weight excluding hydrogens is 286 g/mol. The lowest BCUT2D eigenvalue weighted by Gasteiger charge is -2.28. The van der Waals surface area contributed by atoms with Crippen LogP contribution in [0.3, 0.4) is 0 Å². The molecule has 0 aliphatic carbocycles. The maximum absolute atomic E-state index is 12.2. The fraction of sp³-hybridized carbons (Fsp3) is 0.474. The van der Waals surface area contributed by atoms with Crippen LogP contribution in [0.2, 0.25) is 0 Å². The molecule has 0 radical (unpaired) electrons. The van der Waals surface area contributed by atoms with E-state index >= 15 is 0 Å². The molecule has 122 valence electrons. The van der Waals surface area contributed by atoms with Crippen molar-refractivity contribution in [3.63, 3.8) is 0 Å². The molecule has 0 atom stereocenters. The Kier molecular flexibility index (Phi) is 4.91. The van der Waals surface area contributed by atoms with Gasteiger partial charge < -0.3 is 4.98 Å². The molecular formula is C19H25N3O. The number of aromatic nitrogens is 2. The molecule has 1 aromatic heterocycles. The molecule has 1 aliphatic rings. The van der Waals surface area contributed by atoms with Gasteiger partial charge in [0.05, 0.1) is 5.69 Å². The molecule has 23 heavy (non-hydrogen) atoms. The highest BCUT2D eigenvalue weighted by atomic mass is 16.1. The third-order valence-electron chi connectivity index (χ3n) is 4.58. The molecule has 0 unspecified atom stereocenters. The first-order valence-corrected chi connectivity index (χ1v) is 8.61. The van der Waals surface area contributed by atoms with E-state index in [9.17, 15) is 4.79 Å². The van der Waals surface area contributed by atoms with Crippen molar-refractivity contribution in [1.82, 2.24) is 14.9 Å². The summed E-state index contributed by atoms with van der Waals surface area (Å²) in [4.78, 5) is 22.2. The minimum absolute atomic E-state index is 0.0621. The lowest BCUT2D eigenvalue weighted by molar-refractivity contribution is 0.239. The van der Waals surface area contributed by atoms with Gasteiger partial charge in [0, 0.05) is 31.6 Å². The Morgan fingerprint density at radius 2 is 2.00 bits per heavy atom. The van der Waals surface area contributed by atoms with Gasteiger partial charge in [0.25, 0.3) is 5.56 Å². The quantitative estimate of drug-likeness (QED) is 0.924. The van der Waals surface area contributed by atoms with Gasteiger partial charge in [-0.1, -0.05) is 38.1 Å². The largest absolute Gasteiger partial charge is 0.310 e. The third-order valence-corrected chi connectivity index (χ3v) is 4.58. The van der Waals surface area contributed by atoms with Crippen LogP contribution in [0.5, 0.6) is 0 Å². The van der Waals surface area contributed by atoms with Gasteiger partial charge >= 0.3 is 0 Å². The second-order valence-electron chi connectivity index (χ2n) is 6.27. The Morgan fingerprint density at radius 1 is 1.22 bits per heavy atom. The summed E-state index contributed by atoms with van der Waals surface area (Å²) in [6.07, 6.45) is 3.67. The fourth-order valence-corrected chi connectivity index (χ4v) is 3.33. The van der Waals surface area contributed by atoms with Gasteiger partial charge in [0.1, 0.15) is 5.82 Å². The zero-order valence-corrected chi connectivity index (χ0v) is 14.1. The van der Waals surface area contributed by atoms with Crippen molar-refractivity contribution in [2.24, 2.45) is 0 Å². The topological polar surface area (TPSA) is 49.0 Å². The summed E-state index contributed by atoms with van der Waals surface area (Å²) in [5.41, 5.74) is 4.70. The molecule has 3 rings (SSSR count). The highest BCUT2D eigenvalue weighted by Gasteiger charge is 2.21. The minimum Gasteiger partial charge on any atom is -0.310 e. The van der Waals surface area contributed by atoms with Gasteiger partial charge in [-0.25, -0.2) is 4.98 Å². The second kappa shape index (κ2) is 7.09. The zero-order valence-electron chi connectivity index (χ0n) is 14.1. The van der Waals surface area contributed by atoms with E-state index in [2.05, 4.69) is 48.0 Å². The van der Waals surface area contributed by atoms with Crippen molar-refractivity contribution in [2.45, 2.75) is 52.6 Å². The summed E-state index contributed by atoms with van der Waals surface area (Å²) in [7, 11) is 0. The number of fused-ring (bicyclic) bond motifs is 1. The van der Waals surface area contributed by atoms with E-state index in [0.717, 1.165) is 62.4 Å². The standard InChI is InChI=1S/C19H25N3O/c1-3-7-18-20-17-13-22(11-10-16(17)19(23)21-18)12-15-9-6-5-8-14(15)4-2/h5-6,8-9H,3-4,7,10-13H2,1-2H3,(H,20,21,23). The summed E-state index contributed by atoms with van der Waals surface area (Å²) < 4.78 is 0. The molecule has 4 heteroatoms. The molecule has 4 nitrogen and oxygen atoms in total. The summed E-state index contributed by atoms with van der Waals surface area (Å²) in [5, 5.41) is 0. The molecule has 2 heterocycles. The number of aromatic amines is 1. The van der Waals surface area contributed by atoms with Crippen LogP contribution in [-0.4, -0.2) is 21.4 Å². The number of rotatable bonds is 5. The van der Waals surface area contributed by atoms with Crippen molar-refractivity contribution < 1.29 is 0 Å². The number of hydrogen-bond donors (Lipinski definition) is 1. The molecule has 0 saturated heterocycles. The van der Waals surface area contributed by atoms with Gasteiger partial charge in [-0.2, -0.15) is 0 Å². The lowest BCUT2D eigenvalue weighted by atomic mass is 10.0. The van der Waals surface area contributed by atoms with E-state index in [-0.39, 0.29) is 5.56 Å². The van der Waals surface area contributed by atoms with Crippen LogP contribution in [0.1, 0.15) is 48.5 Å². The van der Waals surface area contributed by atoms with Crippen molar-refractivity contribution in [3.8, 4) is 0 Å². The number of aryl methyl sites for hydroxylation is 2. The van der Waals surface area contributed by atoms with Crippen molar-refractivity contribution in [1.29, 1.82) is 0 Å². The molecule has 0 amide bonds. The number of H-pyrrole nitrogens is 1. The minimum atomic E-state index is 0.0621. The average molecular weight is 311 g/mol. The normalized spacial score (nSPS) is 14.7. The lowest BCUT2D eigenvalue weighted by Crippen LogP contribution is -2.35. The SMILES string of the molecule is CCCc1nc2c(c(=O)[nH]1)CCN(Cc1ccccc1CC)C2.